The van der Waals surface area contributed by atoms with E-state index in [1.54, 1.807) is 0 Å². The molecule has 0 bridgehead atoms. The highest BCUT2D eigenvalue weighted by Crippen LogP contribution is 2.23. The third-order valence-corrected chi connectivity index (χ3v) is 3.84. The van der Waals surface area contributed by atoms with Crippen LogP contribution in [0.5, 0.6) is 0 Å². The third kappa shape index (κ3) is 2.55. The van der Waals surface area contributed by atoms with Crippen molar-refractivity contribution in [2.24, 2.45) is 5.73 Å². The average Bonchev–Trinajstić information content (AvgIpc) is 2.81. The minimum Gasteiger partial charge on any atom is -0.368 e. The van der Waals surface area contributed by atoms with E-state index < -0.39 is 0 Å². The first-order valence-electron chi connectivity index (χ1n) is 6.32. The molecule has 0 unspecified atom stereocenters. The van der Waals surface area contributed by atoms with Crippen LogP contribution in [0.15, 0.2) is 0 Å². The van der Waals surface area contributed by atoms with Gasteiger partial charge in [0.2, 0.25) is 0 Å². The molecule has 2 aliphatic rings. The predicted octanol–water partition coefficient (Wildman–Crippen LogP) is 0.894. The van der Waals surface area contributed by atoms with Crippen LogP contribution < -0.4 is 5.73 Å². The van der Waals surface area contributed by atoms with Crippen molar-refractivity contribution in [2.75, 3.05) is 13.7 Å². The van der Waals surface area contributed by atoms with Crippen LogP contribution in [-0.4, -0.2) is 42.6 Å². The van der Waals surface area contributed by atoms with Crippen molar-refractivity contribution in [3.05, 3.63) is 0 Å². The maximum absolute atomic E-state index is 12.1. The van der Waals surface area contributed by atoms with Crippen LogP contribution in [0.25, 0.3) is 0 Å². The summed E-state index contributed by atoms with van der Waals surface area (Å²) in [5, 5.41) is 0. The van der Waals surface area contributed by atoms with Crippen molar-refractivity contribution < 1.29 is 9.53 Å². The summed E-state index contributed by atoms with van der Waals surface area (Å²) in [6.07, 6.45) is 5.86. The molecule has 1 saturated carbocycles. The predicted molar refractivity (Wildman–Crippen MR) is 62.0 cm³/mol. The fraction of sp³-hybridized carbons (Fsp3) is 0.917. The summed E-state index contributed by atoms with van der Waals surface area (Å²) in [5.41, 5.74) is 5.87. The van der Waals surface area contributed by atoms with E-state index in [1.165, 1.54) is 0 Å². The van der Waals surface area contributed by atoms with Crippen molar-refractivity contribution in [3.63, 3.8) is 0 Å². The second-order valence-electron chi connectivity index (χ2n) is 5.02. The van der Waals surface area contributed by atoms with Gasteiger partial charge in [0.05, 0.1) is 0 Å². The lowest BCUT2D eigenvalue weighted by atomic mass is 9.91. The van der Waals surface area contributed by atoms with Crippen LogP contribution in [0.1, 0.15) is 38.5 Å². The number of amides is 1. The lowest BCUT2D eigenvalue weighted by Gasteiger charge is -2.34. The Morgan fingerprint density at radius 1 is 1.25 bits per heavy atom. The number of rotatable bonds is 2. The van der Waals surface area contributed by atoms with E-state index in [9.17, 15) is 4.79 Å². The summed E-state index contributed by atoms with van der Waals surface area (Å²) in [6.45, 7) is 0.736. The summed E-state index contributed by atoms with van der Waals surface area (Å²) in [5.74, 6) is 0.165. The second-order valence-corrected chi connectivity index (χ2v) is 5.02. The van der Waals surface area contributed by atoms with Crippen LogP contribution in [0.3, 0.4) is 0 Å². The van der Waals surface area contributed by atoms with Gasteiger partial charge in [0, 0.05) is 25.7 Å². The molecule has 2 rings (SSSR count). The first kappa shape index (κ1) is 11.9. The number of likely N-dealkylation sites (N-methyl/N-ethyl adjacent to an activating group) is 1. The number of ether oxygens (including phenoxy) is 1. The van der Waals surface area contributed by atoms with Gasteiger partial charge in [-0.3, -0.25) is 4.79 Å². The Morgan fingerprint density at radius 3 is 2.50 bits per heavy atom. The zero-order chi connectivity index (χ0) is 11.5. The van der Waals surface area contributed by atoms with E-state index in [0.29, 0.717) is 12.1 Å². The summed E-state index contributed by atoms with van der Waals surface area (Å²) >= 11 is 0. The minimum atomic E-state index is -0.180. The third-order valence-electron chi connectivity index (χ3n) is 3.84. The Labute approximate surface area is 97.1 Å². The first-order chi connectivity index (χ1) is 7.68. The zero-order valence-corrected chi connectivity index (χ0v) is 10.0. The lowest BCUT2D eigenvalue weighted by molar-refractivity contribution is -0.142. The van der Waals surface area contributed by atoms with E-state index in [-0.39, 0.29) is 12.0 Å². The Kier molecular flexibility index (Phi) is 3.82. The highest BCUT2D eigenvalue weighted by Gasteiger charge is 2.31. The largest absolute Gasteiger partial charge is 0.368 e. The summed E-state index contributed by atoms with van der Waals surface area (Å²) in [4.78, 5) is 14.0. The van der Waals surface area contributed by atoms with Gasteiger partial charge >= 0.3 is 0 Å². The molecule has 1 heterocycles. The molecule has 0 aromatic heterocycles. The summed E-state index contributed by atoms with van der Waals surface area (Å²) in [6, 6.07) is 0.707. The smallest absolute Gasteiger partial charge is 0.251 e. The molecule has 16 heavy (non-hydrogen) atoms. The summed E-state index contributed by atoms with van der Waals surface area (Å²) in [7, 11) is 1.91. The number of carbonyl (C=O) groups is 1. The molecule has 2 N–H and O–H groups in total. The molecule has 92 valence electrons. The molecule has 1 atom stereocenters. The van der Waals surface area contributed by atoms with Gasteiger partial charge in [0.15, 0.2) is 0 Å². The van der Waals surface area contributed by atoms with Crippen LogP contribution in [0, 0.1) is 0 Å². The zero-order valence-electron chi connectivity index (χ0n) is 10.0. The topological polar surface area (TPSA) is 55.6 Å². The monoisotopic (exact) mass is 226 g/mol. The Balaban J connectivity index is 1.86. The van der Waals surface area contributed by atoms with Gasteiger partial charge in [0.25, 0.3) is 5.91 Å². The Hall–Kier alpha value is -0.610. The van der Waals surface area contributed by atoms with Crippen molar-refractivity contribution in [1.82, 2.24) is 4.90 Å². The van der Waals surface area contributed by atoms with Gasteiger partial charge in [-0.15, -0.1) is 0 Å². The second kappa shape index (κ2) is 5.15. The average molecular weight is 226 g/mol. The first-order valence-corrected chi connectivity index (χ1v) is 6.32. The molecule has 1 aliphatic carbocycles. The molecule has 0 radical (unpaired) electrons. The van der Waals surface area contributed by atoms with Gasteiger partial charge in [-0.1, -0.05) is 0 Å². The number of hydrogen-bond donors (Lipinski definition) is 1. The van der Waals surface area contributed by atoms with Crippen molar-refractivity contribution >= 4 is 5.91 Å². The molecule has 4 heteroatoms. The standard InChI is InChI=1S/C12H22N2O2/c1-14(10-6-4-9(13)5-7-10)12(15)11-3-2-8-16-11/h9-11H,2-8,13H2,1H3/t9?,10?,11-/m1/s1. The molecule has 0 aromatic rings. The Morgan fingerprint density at radius 2 is 1.94 bits per heavy atom. The number of nitrogens with zero attached hydrogens (tertiary/aromatic N) is 1. The SMILES string of the molecule is CN(C(=O)[C@H]1CCCO1)C1CCC(N)CC1. The van der Waals surface area contributed by atoms with Gasteiger partial charge in [-0.05, 0) is 38.5 Å². The normalized spacial score (nSPS) is 35.0. The number of hydrogen-bond acceptors (Lipinski definition) is 3. The maximum Gasteiger partial charge on any atom is 0.251 e. The molecule has 1 aliphatic heterocycles. The van der Waals surface area contributed by atoms with E-state index in [2.05, 4.69) is 0 Å². The molecule has 0 aromatic carbocycles. The quantitative estimate of drug-likeness (QED) is 0.761. The molecule has 1 amide bonds. The Bertz CT molecular complexity index is 243. The van der Waals surface area contributed by atoms with Crippen LogP contribution in [-0.2, 0) is 9.53 Å². The van der Waals surface area contributed by atoms with E-state index >= 15 is 0 Å². The van der Waals surface area contributed by atoms with Gasteiger partial charge in [0.1, 0.15) is 6.10 Å². The molecule has 0 spiro atoms. The maximum atomic E-state index is 12.1. The van der Waals surface area contributed by atoms with Crippen LogP contribution in [0.4, 0.5) is 0 Å². The molecular formula is C12H22N2O2. The number of nitrogens with two attached hydrogens (primary N) is 1. The molecular weight excluding hydrogens is 204 g/mol. The van der Waals surface area contributed by atoms with Crippen molar-refractivity contribution in [2.45, 2.75) is 56.7 Å². The molecule has 4 nitrogen and oxygen atoms in total. The minimum absolute atomic E-state index is 0.165. The number of carbonyl (C=O) groups excluding carboxylic acids is 1. The van der Waals surface area contributed by atoms with Gasteiger partial charge in [-0.25, -0.2) is 0 Å². The van der Waals surface area contributed by atoms with E-state index in [0.717, 1.165) is 45.1 Å². The fourth-order valence-electron chi connectivity index (χ4n) is 2.67. The summed E-state index contributed by atoms with van der Waals surface area (Å²) < 4.78 is 5.43. The van der Waals surface area contributed by atoms with Crippen molar-refractivity contribution in [3.8, 4) is 0 Å². The molecule has 1 saturated heterocycles. The van der Waals surface area contributed by atoms with Crippen molar-refractivity contribution in [1.29, 1.82) is 0 Å². The van der Waals surface area contributed by atoms with Gasteiger partial charge < -0.3 is 15.4 Å². The lowest BCUT2D eigenvalue weighted by Crippen LogP contribution is -2.45. The highest BCUT2D eigenvalue weighted by atomic mass is 16.5. The van der Waals surface area contributed by atoms with E-state index in [1.807, 2.05) is 11.9 Å². The van der Waals surface area contributed by atoms with Crippen LogP contribution >= 0.6 is 0 Å². The van der Waals surface area contributed by atoms with Gasteiger partial charge in [-0.2, -0.15) is 0 Å². The molecule has 2 fully saturated rings. The van der Waals surface area contributed by atoms with E-state index in [4.69, 9.17) is 10.5 Å². The highest BCUT2D eigenvalue weighted by molar-refractivity contribution is 5.81. The van der Waals surface area contributed by atoms with Crippen LogP contribution in [0.2, 0.25) is 0 Å². The fourth-order valence-corrected chi connectivity index (χ4v) is 2.67.